The number of sulfone groups is 1. The van der Waals surface area contributed by atoms with E-state index in [1.54, 1.807) is 13.8 Å². The van der Waals surface area contributed by atoms with Gasteiger partial charge < -0.3 is 14.8 Å². The molecule has 2 heterocycles. The second-order valence-corrected chi connectivity index (χ2v) is 9.70. The molecule has 29 heavy (non-hydrogen) atoms. The van der Waals surface area contributed by atoms with E-state index in [1.807, 2.05) is 6.07 Å². The summed E-state index contributed by atoms with van der Waals surface area (Å²) in [5.41, 5.74) is -0.530. The topological polar surface area (TPSA) is 116 Å². The first-order valence-corrected chi connectivity index (χ1v) is 10.5. The summed E-state index contributed by atoms with van der Waals surface area (Å²) in [5, 5.41) is 18.0. The molecule has 1 aliphatic rings. The van der Waals surface area contributed by atoms with Crippen LogP contribution in [0.1, 0.15) is 30.2 Å². The van der Waals surface area contributed by atoms with Crippen LogP contribution in [0.3, 0.4) is 0 Å². The Balaban J connectivity index is 1.93. The maximum Gasteiger partial charge on any atom is 0.226 e. The van der Waals surface area contributed by atoms with E-state index in [0.29, 0.717) is 0 Å². The van der Waals surface area contributed by atoms with Crippen molar-refractivity contribution >= 4 is 32.5 Å². The smallest absolute Gasteiger partial charge is 0.226 e. The predicted octanol–water partition coefficient (Wildman–Crippen LogP) is 3.27. The third-order valence-corrected chi connectivity index (χ3v) is 7.13. The number of benzene rings is 2. The summed E-state index contributed by atoms with van der Waals surface area (Å²) in [6, 6.07) is 8.58. The number of nitriles is 1. The van der Waals surface area contributed by atoms with Crippen molar-refractivity contribution in [3.05, 3.63) is 52.3 Å². The number of halogens is 2. The van der Waals surface area contributed by atoms with Crippen molar-refractivity contribution in [2.75, 3.05) is 0 Å². The molecule has 0 fully saturated rings. The molecular weight excluding hydrogens is 421 g/mol. The minimum atomic E-state index is -4.28. The molecule has 0 spiro atoms. The number of hydrogen-bond acceptors (Lipinski definition) is 6. The Morgan fingerprint density at radius 1 is 1.34 bits per heavy atom. The number of aliphatic hydroxyl groups excluding tert-OH is 1. The molecule has 0 saturated carbocycles. The van der Waals surface area contributed by atoms with E-state index in [9.17, 15) is 23.2 Å². The van der Waals surface area contributed by atoms with Crippen LogP contribution >= 0.6 is 11.6 Å². The fraction of sp³-hybridized carbons (Fsp3) is 0.263. The van der Waals surface area contributed by atoms with Crippen LogP contribution in [0.5, 0.6) is 5.75 Å². The fourth-order valence-corrected chi connectivity index (χ4v) is 5.45. The molecule has 0 saturated heterocycles. The van der Waals surface area contributed by atoms with Gasteiger partial charge in [-0.3, -0.25) is 0 Å². The Kier molecular flexibility index (Phi) is 4.35. The summed E-state index contributed by atoms with van der Waals surface area (Å²) in [6.07, 6.45) is -1.46. The highest BCUT2D eigenvalue weighted by Gasteiger charge is 2.50. The summed E-state index contributed by atoms with van der Waals surface area (Å²) >= 11 is 5.76. The van der Waals surface area contributed by atoms with E-state index >= 15 is 0 Å². The molecule has 3 aromatic rings. The van der Waals surface area contributed by atoms with Gasteiger partial charge in [-0.1, -0.05) is 11.6 Å². The summed E-state index contributed by atoms with van der Waals surface area (Å²) in [4.78, 5) is 6.64. The minimum Gasteiger partial charge on any atom is -0.485 e. The van der Waals surface area contributed by atoms with Crippen molar-refractivity contribution in [2.24, 2.45) is 0 Å². The Bertz CT molecular complexity index is 1260. The quantitative estimate of drug-likeness (QED) is 0.638. The molecule has 4 rings (SSSR count). The molecule has 2 N–H and O–H groups in total. The summed E-state index contributed by atoms with van der Waals surface area (Å²) in [7, 11) is -4.28. The van der Waals surface area contributed by atoms with Gasteiger partial charge in [-0.05, 0) is 38.1 Å². The largest absolute Gasteiger partial charge is 0.485 e. The van der Waals surface area contributed by atoms with Gasteiger partial charge in [0.25, 0.3) is 0 Å². The van der Waals surface area contributed by atoms with Gasteiger partial charge in [0.2, 0.25) is 15.0 Å². The molecule has 7 nitrogen and oxygen atoms in total. The standard InChI is InChI=1S/C19H15ClFN3O4S/c1-19(2)17(25)16(10-5-9(8-22)3-4-15(10)28-19)29(26,27)18-23-13-6-11(20)12(21)7-14(13)24-18/h3-7,16-17,25H,1-2H3,(H,23,24)/t16-,17+/m1/s1. The number of imidazole rings is 1. The number of rotatable bonds is 2. The molecule has 0 radical (unpaired) electrons. The van der Waals surface area contributed by atoms with Crippen molar-refractivity contribution in [3.63, 3.8) is 0 Å². The maximum absolute atomic E-state index is 13.7. The molecule has 0 bridgehead atoms. The molecule has 150 valence electrons. The Morgan fingerprint density at radius 2 is 2.07 bits per heavy atom. The Hall–Kier alpha value is -2.67. The number of H-pyrrole nitrogens is 1. The second-order valence-electron chi connectivity index (χ2n) is 7.31. The van der Waals surface area contributed by atoms with Crippen LogP contribution in [-0.4, -0.2) is 35.2 Å². The highest BCUT2D eigenvalue weighted by Crippen LogP contribution is 2.46. The lowest BCUT2D eigenvalue weighted by molar-refractivity contribution is -0.0445. The van der Waals surface area contributed by atoms with Crippen LogP contribution in [0.4, 0.5) is 4.39 Å². The third-order valence-electron chi connectivity index (χ3n) is 4.92. The van der Waals surface area contributed by atoms with Gasteiger partial charge in [0, 0.05) is 11.6 Å². The summed E-state index contributed by atoms with van der Waals surface area (Å²) < 4.78 is 46.4. The SMILES string of the molecule is CC1(C)Oc2ccc(C#N)cc2[C@@H](S(=O)(=O)c2nc3cc(Cl)c(F)cc3[nH]2)[C@@H]1O. The molecule has 0 unspecified atom stereocenters. The molecule has 2 aromatic carbocycles. The molecule has 0 amide bonds. The van der Waals surface area contributed by atoms with E-state index in [0.717, 1.165) is 6.07 Å². The average Bonchev–Trinajstić information content (AvgIpc) is 3.06. The van der Waals surface area contributed by atoms with Crippen LogP contribution < -0.4 is 4.74 Å². The minimum absolute atomic E-state index is 0.150. The highest BCUT2D eigenvalue weighted by molar-refractivity contribution is 7.91. The molecule has 1 aliphatic heterocycles. The number of fused-ring (bicyclic) bond motifs is 2. The lowest BCUT2D eigenvalue weighted by atomic mass is 9.90. The van der Waals surface area contributed by atoms with E-state index < -0.39 is 37.8 Å². The van der Waals surface area contributed by atoms with Gasteiger partial charge >= 0.3 is 0 Å². The molecule has 1 aromatic heterocycles. The van der Waals surface area contributed by atoms with Crippen LogP contribution in [-0.2, 0) is 9.84 Å². The third kappa shape index (κ3) is 3.04. The van der Waals surface area contributed by atoms with Crippen molar-refractivity contribution < 1.29 is 22.7 Å². The van der Waals surface area contributed by atoms with Crippen LogP contribution in [0.15, 0.2) is 35.5 Å². The maximum atomic E-state index is 13.7. The summed E-state index contributed by atoms with van der Waals surface area (Å²) in [5.74, 6) is -0.471. The molecule has 2 atom stereocenters. The van der Waals surface area contributed by atoms with Crippen LogP contribution in [0, 0.1) is 17.1 Å². The molecular formula is C19H15ClFN3O4S. The monoisotopic (exact) mass is 435 g/mol. The molecule has 0 aliphatic carbocycles. The van der Waals surface area contributed by atoms with Crippen molar-refractivity contribution in [2.45, 2.75) is 36.0 Å². The van der Waals surface area contributed by atoms with E-state index in [4.69, 9.17) is 16.3 Å². The summed E-state index contributed by atoms with van der Waals surface area (Å²) in [6.45, 7) is 3.13. The number of ether oxygens (including phenoxy) is 1. The van der Waals surface area contributed by atoms with Crippen molar-refractivity contribution in [1.82, 2.24) is 9.97 Å². The predicted molar refractivity (Wildman–Crippen MR) is 103 cm³/mol. The van der Waals surface area contributed by atoms with Gasteiger partial charge in [0.15, 0.2) is 0 Å². The van der Waals surface area contributed by atoms with Crippen molar-refractivity contribution in [1.29, 1.82) is 5.26 Å². The first-order chi connectivity index (χ1) is 13.5. The first-order valence-electron chi connectivity index (χ1n) is 8.54. The first kappa shape index (κ1) is 19.6. The Labute approximate surface area is 170 Å². The highest BCUT2D eigenvalue weighted by atomic mass is 35.5. The number of aromatic nitrogens is 2. The number of nitrogens with one attached hydrogen (secondary N) is 1. The zero-order valence-electron chi connectivity index (χ0n) is 15.3. The van der Waals surface area contributed by atoms with E-state index in [2.05, 4.69) is 9.97 Å². The number of nitrogens with zero attached hydrogens (tertiary/aromatic N) is 2. The zero-order valence-corrected chi connectivity index (χ0v) is 16.8. The number of aliphatic hydroxyl groups is 1. The normalized spacial score (nSPS) is 20.7. The fourth-order valence-electron chi connectivity index (χ4n) is 3.39. The van der Waals surface area contributed by atoms with Gasteiger partial charge in [-0.25, -0.2) is 17.8 Å². The molecule has 10 heteroatoms. The van der Waals surface area contributed by atoms with Crippen molar-refractivity contribution in [3.8, 4) is 11.8 Å². The van der Waals surface area contributed by atoms with Gasteiger partial charge in [-0.2, -0.15) is 5.26 Å². The second kappa shape index (κ2) is 6.42. The van der Waals surface area contributed by atoms with Gasteiger partial charge in [0.1, 0.15) is 28.5 Å². The average molecular weight is 436 g/mol. The van der Waals surface area contributed by atoms with E-state index in [-0.39, 0.29) is 32.9 Å². The lowest BCUT2D eigenvalue weighted by Gasteiger charge is -2.41. The number of aromatic amines is 1. The number of hydrogen-bond donors (Lipinski definition) is 2. The lowest BCUT2D eigenvalue weighted by Crippen LogP contribution is -2.50. The van der Waals surface area contributed by atoms with Gasteiger partial charge in [0.05, 0.1) is 27.7 Å². The van der Waals surface area contributed by atoms with Crippen LogP contribution in [0.25, 0.3) is 11.0 Å². The van der Waals surface area contributed by atoms with Gasteiger partial charge in [-0.15, -0.1) is 0 Å². The van der Waals surface area contributed by atoms with E-state index in [1.165, 1.54) is 24.3 Å². The van der Waals surface area contributed by atoms with Crippen LogP contribution in [0.2, 0.25) is 5.02 Å². The zero-order chi connectivity index (χ0) is 21.1. The Morgan fingerprint density at radius 3 is 2.76 bits per heavy atom.